The Labute approximate surface area is 197 Å². The van der Waals surface area contributed by atoms with Crippen molar-refractivity contribution in [3.63, 3.8) is 0 Å². The number of rotatable bonds is 7. The summed E-state index contributed by atoms with van der Waals surface area (Å²) >= 11 is 0. The Morgan fingerprint density at radius 2 is 1.85 bits per heavy atom. The van der Waals surface area contributed by atoms with Crippen LogP contribution in [0.5, 0.6) is 11.5 Å². The molecule has 3 aromatic rings. The number of hydrogen-bond donors (Lipinski definition) is 0. The molecule has 34 heavy (non-hydrogen) atoms. The van der Waals surface area contributed by atoms with Crippen molar-refractivity contribution in [3.05, 3.63) is 78.3 Å². The highest BCUT2D eigenvalue weighted by Gasteiger charge is 2.35. The highest BCUT2D eigenvalue weighted by Crippen LogP contribution is 2.33. The number of carbonyl (C=O) groups excluding carboxylic acids is 2. The maximum Gasteiger partial charge on any atom is 0.281 e. The van der Waals surface area contributed by atoms with Crippen molar-refractivity contribution in [2.24, 2.45) is 5.10 Å². The minimum absolute atomic E-state index is 0.132. The van der Waals surface area contributed by atoms with Crippen LogP contribution < -0.4 is 14.4 Å². The molecule has 2 amide bonds. The van der Waals surface area contributed by atoms with Crippen LogP contribution in [0.25, 0.3) is 0 Å². The van der Waals surface area contributed by atoms with Crippen molar-refractivity contribution in [2.75, 3.05) is 25.2 Å². The van der Waals surface area contributed by atoms with Crippen LogP contribution >= 0.6 is 0 Å². The van der Waals surface area contributed by atoms with E-state index in [2.05, 4.69) is 5.10 Å². The molecule has 1 fully saturated rings. The maximum atomic E-state index is 13.1. The molecule has 8 heteroatoms. The lowest BCUT2D eigenvalue weighted by atomic mass is 10.0. The summed E-state index contributed by atoms with van der Waals surface area (Å²) in [5.74, 6) is 1.83. The molecule has 0 radical (unpaired) electrons. The van der Waals surface area contributed by atoms with Crippen LogP contribution in [0.4, 0.5) is 5.69 Å². The molecule has 1 atom stereocenters. The van der Waals surface area contributed by atoms with Gasteiger partial charge >= 0.3 is 0 Å². The molecule has 0 spiro atoms. The zero-order chi connectivity index (χ0) is 23.5. The van der Waals surface area contributed by atoms with Crippen molar-refractivity contribution >= 4 is 23.2 Å². The fourth-order valence-corrected chi connectivity index (χ4v) is 4.26. The van der Waals surface area contributed by atoms with Gasteiger partial charge in [-0.3, -0.25) is 9.59 Å². The van der Waals surface area contributed by atoms with E-state index in [0.717, 1.165) is 35.7 Å². The summed E-state index contributed by atoms with van der Waals surface area (Å²) in [7, 11) is 1.62. The van der Waals surface area contributed by atoms with Gasteiger partial charge in [0.1, 0.15) is 23.3 Å². The molecular weight excluding hydrogens is 434 g/mol. The number of amides is 2. The number of nitrogens with zero attached hydrogens (tertiary/aromatic N) is 3. The van der Waals surface area contributed by atoms with Crippen LogP contribution in [0, 0.1) is 0 Å². The minimum atomic E-state index is -0.341. The number of hydrogen-bond acceptors (Lipinski definition) is 6. The smallest absolute Gasteiger partial charge is 0.281 e. The highest BCUT2D eigenvalue weighted by molar-refractivity contribution is 6.03. The second-order valence-corrected chi connectivity index (χ2v) is 8.18. The number of furan rings is 1. The van der Waals surface area contributed by atoms with Crippen LogP contribution in [0.2, 0.25) is 0 Å². The van der Waals surface area contributed by atoms with Crippen molar-refractivity contribution in [2.45, 2.75) is 25.3 Å². The highest BCUT2D eigenvalue weighted by atomic mass is 16.5. The molecule has 0 saturated carbocycles. The molecular formula is C26H25N3O5. The summed E-state index contributed by atoms with van der Waals surface area (Å²) in [6.45, 7) is 0.563. The molecule has 2 aromatic carbocycles. The second-order valence-electron chi connectivity index (χ2n) is 8.18. The Morgan fingerprint density at radius 1 is 1.09 bits per heavy atom. The largest absolute Gasteiger partial charge is 0.497 e. The van der Waals surface area contributed by atoms with Gasteiger partial charge in [0.25, 0.3) is 5.91 Å². The summed E-state index contributed by atoms with van der Waals surface area (Å²) in [6, 6.07) is 18.1. The normalized spacial score (nSPS) is 17.7. The molecule has 3 heterocycles. The molecule has 1 aromatic heterocycles. The molecule has 0 aliphatic carbocycles. The van der Waals surface area contributed by atoms with Gasteiger partial charge in [-0.25, -0.2) is 5.01 Å². The molecule has 1 unspecified atom stereocenters. The van der Waals surface area contributed by atoms with E-state index in [9.17, 15) is 9.59 Å². The molecule has 0 N–H and O–H groups in total. The predicted molar refractivity (Wildman–Crippen MR) is 126 cm³/mol. The number of methoxy groups -OCH3 is 1. The van der Waals surface area contributed by atoms with E-state index in [1.807, 2.05) is 42.5 Å². The van der Waals surface area contributed by atoms with E-state index in [0.29, 0.717) is 24.4 Å². The Morgan fingerprint density at radius 3 is 2.50 bits per heavy atom. The Kier molecular flexibility index (Phi) is 6.03. The zero-order valence-electron chi connectivity index (χ0n) is 18.8. The molecule has 174 valence electrons. The monoisotopic (exact) mass is 459 g/mol. The molecule has 2 aliphatic rings. The SMILES string of the molecule is COc1ccc(C2=NN(C(=O)COc3ccc(N4CCCC4=O)cc3)C(c3ccco3)C2)cc1. The van der Waals surface area contributed by atoms with Gasteiger partial charge < -0.3 is 18.8 Å². The number of benzene rings is 2. The van der Waals surface area contributed by atoms with Gasteiger partial charge in [-0.05, 0) is 72.6 Å². The number of hydrazone groups is 1. The topological polar surface area (TPSA) is 84.6 Å². The molecule has 2 aliphatic heterocycles. The van der Waals surface area contributed by atoms with Crippen molar-refractivity contribution in [1.29, 1.82) is 0 Å². The Hall–Kier alpha value is -4.07. The average Bonchev–Trinajstić information content (AvgIpc) is 3.63. The second kappa shape index (κ2) is 9.43. The quantitative estimate of drug-likeness (QED) is 0.529. The van der Waals surface area contributed by atoms with E-state index in [-0.39, 0.29) is 24.5 Å². The molecule has 0 bridgehead atoms. The van der Waals surface area contributed by atoms with E-state index in [1.165, 1.54) is 5.01 Å². The van der Waals surface area contributed by atoms with E-state index in [4.69, 9.17) is 13.9 Å². The summed E-state index contributed by atoms with van der Waals surface area (Å²) in [5.41, 5.74) is 2.55. The fourth-order valence-electron chi connectivity index (χ4n) is 4.26. The van der Waals surface area contributed by atoms with Gasteiger partial charge in [-0.15, -0.1) is 0 Å². The first kappa shape index (κ1) is 21.8. The number of anilines is 1. The molecule has 1 saturated heterocycles. The van der Waals surface area contributed by atoms with Crippen LogP contribution in [-0.2, 0) is 9.59 Å². The number of carbonyl (C=O) groups is 2. The Balaban J connectivity index is 1.29. The lowest BCUT2D eigenvalue weighted by molar-refractivity contribution is -0.135. The molecule has 5 rings (SSSR count). The summed E-state index contributed by atoms with van der Waals surface area (Å²) < 4.78 is 16.6. The lowest BCUT2D eigenvalue weighted by Crippen LogP contribution is -2.31. The van der Waals surface area contributed by atoms with E-state index in [1.54, 1.807) is 36.5 Å². The predicted octanol–water partition coefficient (Wildman–Crippen LogP) is 4.17. The van der Waals surface area contributed by atoms with Crippen molar-refractivity contribution in [1.82, 2.24) is 5.01 Å². The van der Waals surface area contributed by atoms with Gasteiger partial charge in [0, 0.05) is 25.1 Å². The first-order valence-electron chi connectivity index (χ1n) is 11.2. The standard InChI is InChI=1S/C26H25N3O5/c1-32-20-10-6-18(7-11-20)22-16-23(24-4-3-15-33-24)29(27-22)26(31)17-34-21-12-8-19(9-13-21)28-14-2-5-25(28)30/h3-4,6-13,15,23H,2,5,14,16-17H2,1H3. The summed E-state index contributed by atoms with van der Waals surface area (Å²) in [6.07, 6.45) is 3.58. The third kappa shape index (κ3) is 4.39. The lowest BCUT2D eigenvalue weighted by Gasteiger charge is -2.20. The minimum Gasteiger partial charge on any atom is -0.497 e. The van der Waals surface area contributed by atoms with Gasteiger partial charge in [0.15, 0.2) is 6.61 Å². The van der Waals surface area contributed by atoms with Crippen LogP contribution in [0.1, 0.15) is 36.6 Å². The van der Waals surface area contributed by atoms with Gasteiger partial charge in [0.2, 0.25) is 5.91 Å². The van der Waals surface area contributed by atoms with Gasteiger partial charge in [0.05, 0.1) is 19.1 Å². The van der Waals surface area contributed by atoms with E-state index >= 15 is 0 Å². The Bertz CT molecular complexity index is 1190. The van der Waals surface area contributed by atoms with Crippen LogP contribution in [0.15, 0.2) is 76.4 Å². The third-order valence-electron chi connectivity index (χ3n) is 6.04. The van der Waals surface area contributed by atoms with Crippen LogP contribution in [0.3, 0.4) is 0 Å². The van der Waals surface area contributed by atoms with Crippen molar-refractivity contribution < 1.29 is 23.5 Å². The number of ether oxygens (including phenoxy) is 2. The van der Waals surface area contributed by atoms with Crippen molar-refractivity contribution in [3.8, 4) is 11.5 Å². The maximum absolute atomic E-state index is 13.1. The summed E-state index contributed by atoms with van der Waals surface area (Å²) in [4.78, 5) is 26.8. The summed E-state index contributed by atoms with van der Waals surface area (Å²) in [5, 5.41) is 6.05. The van der Waals surface area contributed by atoms with Gasteiger partial charge in [-0.2, -0.15) is 5.10 Å². The average molecular weight is 460 g/mol. The first-order valence-corrected chi connectivity index (χ1v) is 11.2. The zero-order valence-corrected chi connectivity index (χ0v) is 18.8. The fraction of sp³-hybridized carbons (Fsp3) is 0.269. The van der Waals surface area contributed by atoms with E-state index < -0.39 is 0 Å². The van der Waals surface area contributed by atoms with Crippen LogP contribution in [-0.4, -0.2) is 42.8 Å². The van der Waals surface area contributed by atoms with Gasteiger partial charge in [-0.1, -0.05) is 0 Å². The third-order valence-corrected chi connectivity index (χ3v) is 6.04. The first-order chi connectivity index (χ1) is 16.6. The molecule has 8 nitrogen and oxygen atoms in total.